The van der Waals surface area contributed by atoms with Crippen molar-refractivity contribution in [3.05, 3.63) is 0 Å². The molecule has 0 saturated heterocycles. The molecule has 110 valence electrons. The normalized spacial score (nSPS) is 14.7. The van der Waals surface area contributed by atoms with Gasteiger partial charge in [0.1, 0.15) is 0 Å². The monoisotopic (exact) mass is 300 g/mol. The van der Waals surface area contributed by atoms with E-state index in [-0.39, 0.29) is 0 Å². The number of alkyl halides is 10. The molecule has 13 heteroatoms. The zero-order valence-electron chi connectivity index (χ0n) is 7.66. The first-order valence-corrected chi connectivity index (χ1v) is 3.54. The fraction of sp³-hybridized carbons (Fsp3) is 1.00. The number of hydrogen-bond donors (Lipinski definition) is 0. The van der Waals surface area contributed by atoms with Crippen molar-refractivity contribution in [1.29, 1.82) is 0 Å². The maximum absolute atomic E-state index is 12.1. The number of halogens is 10. The third kappa shape index (κ3) is 5.22. The lowest BCUT2D eigenvalue weighted by atomic mass is 10.5. The average molecular weight is 300 g/mol. The van der Waals surface area contributed by atoms with Crippen LogP contribution in [0.1, 0.15) is 0 Å². The second-order valence-electron chi connectivity index (χ2n) is 2.36. The topological polar surface area (TPSA) is 27.7 Å². The molecule has 0 aromatic heterocycles. The lowest BCUT2D eigenvalue weighted by molar-refractivity contribution is -0.579. The molecule has 0 atom stereocenters. The van der Waals surface area contributed by atoms with Gasteiger partial charge in [0.15, 0.2) is 0 Å². The maximum Gasteiger partial charge on any atom is 0.527 e. The summed E-state index contributed by atoms with van der Waals surface area (Å²) in [7, 11) is 0. The Balaban J connectivity index is 5.40. The highest BCUT2D eigenvalue weighted by Gasteiger charge is 2.67. The third-order valence-electron chi connectivity index (χ3n) is 1.09. The Labute approximate surface area is 91.2 Å². The SMILES string of the molecule is FC(F)OC(OC(F)F)(OC(F)(F)F)C(F)(F)F. The van der Waals surface area contributed by atoms with Crippen molar-refractivity contribution in [3.63, 3.8) is 0 Å². The summed E-state index contributed by atoms with van der Waals surface area (Å²) in [6, 6.07) is 0. The summed E-state index contributed by atoms with van der Waals surface area (Å²) in [5.41, 5.74) is 0. The molecule has 0 fully saturated rings. The highest BCUT2D eigenvalue weighted by Crippen LogP contribution is 2.42. The first-order chi connectivity index (χ1) is 7.79. The summed E-state index contributed by atoms with van der Waals surface area (Å²) in [6.07, 6.45) is -12.7. The maximum atomic E-state index is 12.1. The van der Waals surface area contributed by atoms with Crippen molar-refractivity contribution in [2.75, 3.05) is 0 Å². The molecular formula is C5H2F10O3. The van der Waals surface area contributed by atoms with Gasteiger partial charge < -0.3 is 0 Å². The standard InChI is InChI=1S/C5H2F10O3/c6-1(7)16-4(3(10,11)12,17-2(8)9)18-5(13,14)15/h1-2H. The summed E-state index contributed by atoms with van der Waals surface area (Å²) in [4.78, 5) is 0. The molecule has 0 aromatic carbocycles. The van der Waals surface area contributed by atoms with E-state index < -0.39 is 31.7 Å². The fourth-order valence-electron chi connectivity index (χ4n) is 0.654. The van der Waals surface area contributed by atoms with Crippen LogP contribution in [0.2, 0.25) is 0 Å². The van der Waals surface area contributed by atoms with Crippen LogP contribution < -0.4 is 0 Å². The molecule has 0 radical (unpaired) electrons. The Hall–Kier alpha value is -0.820. The van der Waals surface area contributed by atoms with Crippen molar-refractivity contribution in [2.45, 2.75) is 31.7 Å². The Kier molecular flexibility index (Phi) is 5.19. The molecule has 0 aromatic rings. The molecular weight excluding hydrogens is 298 g/mol. The van der Waals surface area contributed by atoms with Crippen molar-refractivity contribution < 1.29 is 58.1 Å². The molecule has 0 heterocycles. The summed E-state index contributed by atoms with van der Waals surface area (Å²) in [5, 5.41) is 0. The van der Waals surface area contributed by atoms with Gasteiger partial charge in [-0.1, -0.05) is 0 Å². The van der Waals surface area contributed by atoms with E-state index >= 15 is 0 Å². The van der Waals surface area contributed by atoms with E-state index in [0.29, 0.717) is 0 Å². The van der Waals surface area contributed by atoms with E-state index in [1.807, 2.05) is 0 Å². The molecule has 0 N–H and O–H groups in total. The first-order valence-electron chi connectivity index (χ1n) is 3.54. The van der Waals surface area contributed by atoms with Crippen LogP contribution in [0.25, 0.3) is 0 Å². The highest BCUT2D eigenvalue weighted by atomic mass is 19.4. The largest absolute Gasteiger partial charge is 0.527 e. The highest BCUT2D eigenvalue weighted by molar-refractivity contribution is 4.69. The van der Waals surface area contributed by atoms with Crippen LogP contribution in [0.15, 0.2) is 0 Å². The van der Waals surface area contributed by atoms with Gasteiger partial charge in [-0.15, -0.1) is 13.2 Å². The van der Waals surface area contributed by atoms with Crippen LogP contribution >= 0.6 is 0 Å². The van der Waals surface area contributed by atoms with Crippen molar-refractivity contribution in [3.8, 4) is 0 Å². The smallest absolute Gasteiger partial charge is 0.257 e. The molecule has 0 aliphatic heterocycles. The Morgan fingerprint density at radius 1 is 0.667 bits per heavy atom. The van der Waals surface area contributed by atoms with Gasteiger partial charge in [-0.2, -0.15) is 30.7 Å². The van der Waals surface area contributed by atoms with E-state index in [1.165, 1.54) is 0 Å². The lowest BCUT2D eigenvalue weighted by Gasteiger charge is -2.33. The van der Waals surface area contributed by atoms with Crippen LogP contribution in [-0.2, 0) is 14.2 Å². The van der Waals surface area contributed by atoms with Gasteiger partial charge in [-0.05, 0) is 0 Å². The van der Waals surface area contributed by atoms with E-state index in [0.717, 1.165) is 0 Å². The minimum atomic E-state index is -6.46. The average Bonchev–Trinajstić information content (AvgIpc) is 1.93. The van der Waals surface area contributed by atoms with E-state index in [1.54, 1.807) is 0 Å². The van der Waals surface area contributed by atoms with Crippen molar-refractivity contribution in [2.24, 2.45) is 0 Å². The predicted octanol–water partition coefficient (Wildman–Crippen LogP) is 3.22. The van der Waals surface area contributed by atoms with Crippen LogP contribution in [-0.4, -0.2) is 31.7 Å². The fourth-order valence-corrected chi connectivity index (χ4v) is 0.654. The minimum absolute atomic E-state index is 2.08. The molecule has 18 heavy (non-hydrogen) atoms. The molecule has 0 rings (SSSR count). The zero-order chi connectivity index (χ0) is 14.8. The van der Waals surface area contributed by atoms with Gasteiger partial charge in [-0.3, -0.25) is 9.47 Å². The lowest BCUT2D eigenvalue weighted by Crippen LogP contribution is -2.56. The van der Waals surface area contributed by atoms with Crippen molar-refractivity contribution in [1.82, 2.24) is 0 Å². The van der Waals surface area contributed by atoms with Gasteiger partial charge >= 0.3 is 31.7 Å². The Bertz CT molecular complexity index is 247. The summed E-state index contributed by atoms with van der Waals surface area (Å²) in [5.74, 6) is -5.66. The summed E-state index contributed by atoms with van der Waals surface area (Å²) in [6.45, 7) is -9.04. The molecule has 3 nitrogen and oxygen atoms in total. The number of ether oxygens (including phenoxy) is 3. The zero-order valence-corrected chi connectivity index (χ0v) is 7.66. The summed E-state index contributed by atoms with van der Waals surface area (Å²) < 4.78 is 124. The van der Waals surface area contributed by atoms with Gasteiger partial charge in [0.25, 0.3) is 0 Å². The Morgan fingerprint density at radius 3 is 1.17 bits per heavy atom. The van der Waals surface area contributed by atoms with E-state index in [9.17, 15) is 43.9 Å². The predicted molar refractivity (Wildman–Crippen MR) is 30.1 cm³/mol. The molecule has 0 aliphatic rings. The van der Waals surface area contributed by atoms with Gasteiger partial charge in [0.05, 0.1) is 0 Å². The molecule has 0 saturated carbocycles. The van der Waals surface area contributed by atoms with Crippen LogP contribution in [0, 0.1) is 0 Å². The summed E-state index contributed by atoms with van der Waals surface area (Å²) >= 11 is 0. The quantitative estimate of drug-likeness (QED) is 0.576. The Morgan fingerprint density at radius 2 is 1.00 bits per heavy atom. The van der Waals surface area contributed by atoms with Crippen LogP contribution in [0.3, 0.4) is 0 Å². The second kappa shape index (κ2) is 5.44. The van der Waals surface area contributed by atoms with Gasteiger partial charge in [0, 0.05) is 0 Å². The third-order valence-corrected chi connectivity index (χ3v) is 1.09. The van der Waals surface area contributed by atoms with E-state index in [4.69, 9.17) is 0 Å². The number of rotatable bonds is 5. The molecule has 0 unspecified atom stereocenters. The number of hydrogen-bond acceptors (Lipinski definition) is 3. The molecule has 0 aliphatic carbocycles. The second-order valence-corrected chi connectivity index (χ2v) is 2.36. The van der Waals surface area contributed by atoms with Gasteiger partial charge in [-0.25, -0.2) is 4.74 Å². The minimum Gasteiger partial charge on any atom is -0.257 e. The molecule has 0 bridgehead atoms. The van der Waals surface area contributed by atoms with Crippen LogP contribution in [0.4, 0.5) is 43.9 Å². The van der Waals surface area contributed by atoms with Crippen LogP contribution in [0.5, 0.6) is 0 Å². The molecule has 0 spiro atoms. The van der Waals surface area contributed by atoms with E-state index in [2.05, 4.69) is 14.2 Å². The first kappa shape index (κ1) is 17.2. The molecule has 0 amide bonds. The van der Waals surface area contributed by atoms with Gasteiger partial charge in [0.2, 0.25) is 0 Å². The van der Waals surface area contributed by atoms with Crippen molar-refractivity contribution >= 4 is 0 Å².